The number of ether oxygens (including phenoxy) is 1. The molecule has 14 rings (SSSR count). The number of aromatic nitrogens is 3. The Morgan fingerprint density at radius 2 is 1.00 bits per heavy atom. The average Bonchev–Trinajstić information content (AvgIpc) is 4.00. The lowest BCUT2D eigenvalue weighted by atomic mass is 9.83. The van der Waals surface area contributed by atoms with Crippen LogP contribution in [0.15, 0.2) is 229 Å². The molecular formula is C63H39N3O2. The van der Waals surface area contributed by atoms with E-state index in [1.807, 2.05) is 18.2 Å². The van der Waals surface area contributed by atoms with Crippen molar-refractivity contribution in [3.8, 4) is 62.2 Å². The highest BCUT2D eigenvalue weighted by molar-refractivity contribution is 6.18. The normalized spacial score (nSPS) is 15.2. The van der Waals surface area contributed by atoms with E-state index < -0.39 is 0 Å². The molecule has 1 aliphatic heterocycles. The fourth-order valence-corrected chi connectivity index (χ4v) is 10.6. The molecule has 2 atom stereocenters. The quantitative estimate of drug-likeness (QED) is 0.156. The summed E-state index contributed by atoms with van der Waals surface area (Å²) < 4.78 is 13.6. The molecule has 10 aromatic carbocycles. The van der Waals surface area contributed by atoms with Crippen LogP contribution in [0.1, 0.15) is 17.0 Å². The van der Waals surface area contributed by atoms with E-state index >= 15 is 0 Å². The topological polar surface area (TPSA) is 61.0 Å². The number of rotatable bonds is 6. The Bertz CT molecular complexity index is 4070. The summed E-state index contributed by atoms with van der Waals surface area (Å²) >= 11 is 0. The molecule has 68 heavy (non-hydrogen) atoms. The molecule has 0 saturated carbocycles. The summed E-state index contributed by atoms with van der Waals surface area (Å²) in [6.07, 6.45) is 6.44. The number of para-hydroxylation sites is 2. The largest absolute Gasteiger partial charge is 0.484 e. The van der Waals surface area contributed by atoms with Gasteiger partial charge in [-0.2, -0.15) is 0 Å². The van der Waals surface area contributed by atoms with Crippen molar-refractivity contribution in [1.82, 2.24) is 15.0 Å². The van der Waals surface area contributed by atoms with Gasteiger partial charge < -0.3 is 9.15 Å². The number of hydrogen-bond acceptors (Lipinski definition) is 5. The number of furan rings is 1. The van der Waals surface area contributed by atoms with Crippen LogP contribution in [-0.2, 0) is 0 Å². The third-order valence-electron chi connectivity index (χ3n) is 13.9. The Labute approximate surface area is 392 Å². The molecule has 0 amide bonds. The Balaban J connectivity index is 0.958. The van der Waals surface area contributed by atoms with E-state index in [1.54, 1.807) is 0 Å². The van der Waals surface area contributed by atoms with Crippen LogP contribution in [-0.4, -0.2) is 21.1 Å². The first-order chi connectivity index (χ1) is 33.7. The van der Waals surface area contributed by atoms with Gasteiger partial charge in [0.05, 0.1) is 0 Å². The second-order valence-electron chi connectivity index (χ2n) is 17.8. The van der Waals surface area contributed by atoms with Gasteiger partial charge in [-0.05, 0) is 84.9 Å². The average molecular weight is 870 g/mol. The smallest absolute Gasteiger partial charge is 0.164 e. The van der Waals surface area contributed by atoms with E-state index in [0.717, 1.165) is 93.9 Å². The van der Waals surface area contributed by atoms with Crippen molar-refractivity contribution in [3.05, 3.63) is 236 Å². The van der Waals surface area contributed by atoms with Crippen LogP contribution < -0.4 is 4.74 Å². The maximum absolute atomic E-state index is 6.92. The van der Waals surface area contributed by atoms with Crippen LogP contribution in [0.3, 0.4) is 0 Å². The lowest BCUT2D eigenvalue weighted by molar-refractivity contribution is 0.278. The van der Waals surface area contributed by atoms with Crippen molar-refractivity contribution < 1.29 is 9.15 Å². The Morgan fingerprint density at radius 1 is 0.397 bits per heavy atom. The van der Waals surface area contributed by atoms with Gasteiger partial charge in [0, 0.05) is 50.1 Å². The van der Waals surface area contributed by atoms with Gasteiger partial charge in [0.25, 0.3) is 0 Å². The van der Waals surface area contributed by atoms with Crippen molar-refractivity contribution in [1.29, 1.82) is 0 Å². The fourth-order valence-electron chi connectivity index (χ4n) is 10.6. The van der Waals surface area contributed by atoms with Crippen LogP contribution in [0.4, 0.5) is 0 Å². The van der Waals surface area contributed by atoms with Gasteiger partial charge in [0.2, 0.25) is 0 Å². The molecule has 2 unspecified atom stereocenters. The third kappa shape index (κ3) is 6.20. The Kier molecular flexibility index (Phi) is 8.65. The molecule has 1 aliphatic carbocycles. The summed E-state index contributed by atoms with van der Waals surface area (Å²) in [6.45, 7) is 0. The van der Waals surface area contributed by atoms with E-state index in [2.05, 4.69) is 206 Å². The minimum absolute atomic E-state index is 0.123. The lowest BCUT2D eigenvalue weighted by Crippen LogP contribution is -2.21. The molecule has 5 nitrogen and oxygen atoms in total. The monoisotopic (exact) mass is 869 g/mol. The molecule has 0 saturated heterocycles. The van der Waals surface area contributed by atoms with Gasteiger partial charge in [-0.25, -0.2) is 15.0 Å². The van der Waals surface area contributed by atoms with Crippen LogP contribution in [0.5, 0.6) is 5.75 Å². The van der Waals surface area contributed by atoms with Crippen molar-refractivity contribution in [2.75, 3.05) is 0 Å². The molecule has 2 aliphatic rings. The second kappa shape index (κ2) is 15.3. The predicted molar refractivity (Wildman–Crippen MR) is 278 cm³/mol. The lowest BCUT2D eigenvalue weighted by Gasteiger charge is -2.23. The molecule has 2 aromatic heterocycles. The zero-order valence-corrected chi connectivity index (χ0v) is 36.7. The maximum Gasteiger partial charge on any atom is 0.164 e. The van der Waals surface area contributed by atoms with Crippen LogP contribution in [0, 0.1) is 0 Å². The van der Waals surface area contributed by atoms with E-state index in [4.69, 9.17) is 24.1 Å². The van der Waals surface area contributed by atoms with E-state index in [1.165, 1.54) is 21.7 Å². The number of benzene rings is 10. The van der Waals surface area contributed by atoms with Crippen LogP contribution >= 0.6 is 0 Å². The number of nitrogens with zero attached hydrogens (tertiary/aromatic N) is 3. The predicted octanol–water partition coefficient (Wildman–Crippen LogP) is 16.1. The molecule has 318 valence electrons. The van der Waals surface area contributed by atoms with Gasteiger partial charge in [-0.1, -0.05) is 194 Å². The first-order valence-corrected chi connectivity index (χ1v) is 23.1. The van der Waals surface area contributed by atoms with Gasteiger partial charge in [0.1, 0.15) is 23.0 Å². The molecule has 0 N–H and O–H groups in total. The fraction of sp³-hybridized carbons (Fsp3) is 0.0317. The first kappa shape index (κ1) is 38.3. The van der Waals surface area contributed by atoms with Gasteiger partial charge in [0.15, 0.2) is 17.5 Å². The summed E-state index contributed by atoms with van der Waals surface area (Å²) in [6, 6.07) is 72.6. The highest BCUT2D eigenvalue weighted by Crippen LogP contribution is 2.49. The molecule has 0 fully saturated rings. The van der Waals surface area contributed by atoms with Gasteiger partial charge in [-0.15, -0.1) is 0 Å². The van der Waals surface area contributed by atoms with Crippen LogP contribution in [0.25, 0.3) is 116 Å². The maximum atomic E-state index is 6.92. The summed E-state index contributed by atoms with van der Waals surface area (Å²) in [5.41, 5.74) is 12.2. The van der Waals surface area contributed by atoms with Crippen molar-refractivity contribution in [3.63, 3.8) is 0 Å². The van der Waals surface area contributed by atoms with Crippen LogP contribution in [0.2, 0.25) is 0 Å². The SMILES string of the molecule is C1=CC2c3ccccc3OC2C(c2ccc(-c3cc(-c4nc(-c5ccc(-c6ccccc6)cc5)nc(-c5ccc6c(ccc7ccccc76)c5)n4)cc4ccccc34)c3c2oc2ccccc23)=C1. The molecule has 3 heterocycles. The van der Waals surface area contributed by atoms with E-state index in [0.29, 0.717) is 17.5 Å². The highest BCUT2D eigenvalue weighted by atomic mass is 16.5. The Morgan fingerprint density at radius 3 is 1.87 bits per heavy atom. The summed E-state index contributed by atoms with van der Waals surface area (Å²) in [7, 11) is 0. The summed E-state index contributed by atoms with van der Waals surface area (Å²) in [5.74, 6) is 2.87. The van der Waals surface area contributed by atoms with Crippen molar-refractivity contribution >= 4 is 59.8 Å². The zero-order chi connectivity index (χ0) is 44.7. The number of hydrogen-bond donors (Lipinski definition) is 0. The second-order valence-corrected chi connectivity index (χ2v) is 17.8. The van der Waals surface area contributed by atoms with E-state index in [9.17, 15) is 0 Å². The number of fused-ring (bicyclic) bond motifs is 10. The molecule has 0 spiro atoms. The van der Waals surface area contributed by atoms with Gasteiger partial charge >= 0.3 is 0 Å². The first-order valence-electron chi connectivity index (χ1n) is 23.1. The number of allylic oxidation sites excluding steroid dienone is 2. The molecule has 5 heteroatoms. The van der Waals surface area contributed by atoms with Gasteiger partial charge in [-0.3, -0.25) is 0 Å². The highest BCUT2D eigenvalue weighted by Gasteiger charge is 2.38. The molecule has 0 bridgehead atoms. The standard InChI is InChI=1S/C63H39N3O2/c1-2-13-38(14-3-1)39-25-28-41(29-26-39)61-64-62(44-31-32-48-43(35-44)30-27-40-15-4-6-17-46(40)48)66-63(65-61)45-36-42-16-5-7-18-47(42)55(37-45)50-33-34-53(60-58(50)54-20-9-11-24-57(54)68-60)52-22-12-21-51-49-19-8-10-23-56(49)67-59(51)52/h1-37,51,59H. The van der Waals surface area contributed by atoms with Crippen molar-refractivity contribution in [2.45, 2.75) is 12.0 Å². The van der Waals surface area contributed by atoms with Crippen molar-refractivity contribution in [2.24, 2.45) is 0 Å². The molecule has 12 aromatic rings. The Hall–Kier alpha value is -8.93. The minimum Gasteiger partial charge on any atom is -0.484 e. The third-order valence-corrected chi connectivity index (χ3v) is 13.9. The molecule has 0 radical (unpaired) electrons. The zero-order valence-electron chi connectivity index (χ0n) is 36.7. The summed E-state index contributed by atoms with van der Waals surface area (Å²) in [4.78, 5) is 15.9. The molecular weight excluding hydrogens is 831 g/mol. The minimum atomic E-state index is -0.160. The van der Waals surface area contributed by atoms with E-state index in [-0.39, 0.29) is 12.0 Å². The summed E-state index contributed by atoms with van der Waals surface area (Å²) in [5, 5.41) is 9.07.